The van der Waals surface area contributed by atoms with E-state index in [0.29, 0.717) is 13.2 Å². The number of allylic oxidation sites excluding steroid dienone is 1. The average molecular weight is 431 g/mol. The summed E-state index contributed by atoms with van der Waals surface area (Å²) in [5.41, 5.74) is 5.51. The molecule has 0 aliphatic heterocycles. The molecule has 1 nitrogen and oxygen atoms in total. The van der Waals surface area contributed by atoms with Gasteiger partial charge in [0, 0.05) is 0 Å². The SMILES string of the molecule is C=CCOCc1ccc(CC[C@H]2CC[C@H](CCCCc3ccc(C=CC)cc3)CC2)cc1. The van der Waals surface area contributed by atoms with Crippen LogP contribution < -0.4 is 0 Å². The second kappa shape index (κ2) is 14.1. The molecule has 0 spiro atoms. The van der Waals surface area contributed by atoms with Crippen LogP contribution in [-0.2, 0) is 24.2 Å². The first-order valence-electron chi connectivity index (χ1n) is 12.7. The molecule has 3 rings (SSSR count). The Hall–Kier alpha value is -2.12. The molecule has 0 atom stereocenters. The smallest absolute Gasteiger partial charge is 0.0721 e. The normalized spacial score (nSPS) is 18.8. The molecule has 1 saturated carbocycles. The third-order valence-corrected chi connectivity index (χ3v) is 7.00. The minimum Gasteiger partial charge on any atom is -0.373 e. The Morgan fingerprint density at radius 1 is 0.781 bits per heavy atom. The lowest BCUT2D eigenvalue weighted by Crippen LogP contribution is -2.15. The molecule has 0 heterocycles. The zero-order chi connectivity index (χ0) is 22.4. The van der Waals surface area contributed by atoms with Gasteiger partial charge in [0.25, 0.3) is 0 Å². The van der Waals surface area contributed by atoms with E-state index in [9.17, 15) is 0 Å². The minimum absolute atomic E-state index is 0.620. The first-order chi connectivity index (χ1) is 15.8. The molecule has 0 N–H and O–H groups in total. The first kappa shape index (κ1) is 24.5. The fraction of sp³-hybridized carbons (Fsp3) is 0.484. The lowest BCUT2D eigenvalue weighted by Gasteiger charge is -2.28. The minimum atomic E-state index is 0.620. The van der Waals surface area contributed by atoms with E-state index in [-0.39, 0.29) is 0 Å². The second-order valence-electron chi connectivity index (χ2n) is 9.53. The van der Waals surface area contributed by atoms with Crippen LogP contribution in [0.3, 0.4) is 0 Å². The number of benzene rings is 2. The molecule has 0 unspecified atom stereocenters. The van der Waals surface area contributed by atoms with E-state index < -0.39 is 0 Å². The summed E-state index contributed by atoms with van der Waals surface area (Å²) in [6.07, 6.45) is 19.8. The quantitative estimate of drug-likeness (QED) is 0.228. The maximum absolute atomic E-state index is 5.52. The third kappa shape index (κ3) is 8.79. The van der Waals surface area contributed by atoms with E-state index in [4.69, 9.17) is 4.74 Å². The topological polar surface area (TPSA) is 9.23 Å². The van der Waals surface area contributed by atoms with Gasteiger partial charge in [0.2, 0.25) is 0 Å². The summed E-state index contributed by atoms with van der Waals surface area (Å²) in [5, 5.41) is 0. The largest absolute Gasteiger partial charge is 0.373 e. The molecule has 0 saturated heterocycles. The maximum atomic E-state index is 5.52. The highest BCUT2D eigenvalue weighted by Gasteiger charge is 2.20. The van der Waals surface area contributed by atoms with Crippen molar-refractivity contribution in [3.8, 4) is 0 Å². The Kier molecular flexibility index (Phi) is 10.8. The van der Waals surface area contributed by atoms with E-state index in [1.165, 1.54) is 86.5 Å². The van der Waals surface area contributed by atoms with Gasteiger partial charge in [-0.3, -0.25) is 0 Å². The third-order valence-electron chi connectivity index (χ3n) is 7.00. The van der Waals surface area contributed by atoms with E-state index in [0.717, 1.165) is 11.8 Å². The van der Waals surface area contributed by atoms with Crippen LogP contribution in [0, 0.1) is 11.8 Å². The molecule has 0 radical (unpaired) electrons. The molecule has 2 aromatic rings. The van der Waals surface area contributed by atoms with Gasteiger partial charge in [0.1, 0.15) is 0 Å². The Morgan fingerprint density at radius 2 is 1.38 bits per heavy atom. The zero-order valence-electron chi connectivity index (χ0n) is 20.1. The van der Waals surface area contributed by atoms with Crippen LogP contribution in [0.4, 0.5) is 0 Å². The Bertz CT molecular complexity index is 791. The number of aryl methyl sites for hydroxylation is 2. The van der Waals surface area contributed by atoms with Crippen LogP contribution in [0.5, 0.6) is 0 Å². The zero-order valence-corrected chi connectivity index (χ0v) is 20.1. The molecule has 1 heteroatoms. The van der Waals surface area contributed by atoms with E-state index in [1.807, 2.05) is 0 Å². The fourth-order valence-electron chi connectivity index (χ4n) is 4.99. The predicted octanol–water partition coefficient (Wildman–Crippen LogP) is 8.57. The summed E-state index contributed by atoms with van der Waals surface area (Å²) in [4.78, 5) is 0. The summed E-state index contributed by atoms with van der Waals surface area (Å²) in [5.74, 6) is 1.90. The summed E-state index contributed by atoms with van der Waals surface area (Å²) in [7, 11) is 0. The first-order valence-corrected chi connectivity index (χ1v) is 12.7. The van der Waals surface area contributed by atoms with Crippen molar-refractivity contribution in [2.24, 2.45) is 11.8 Å². The van der Waals surface area contributed by atoms with E-state index in [2.05, 4.69) is 74.2 Å². The van der Waals surface area contributed by atoms with Crippen molar-refractivity contribution in [1.82, 2.24) is 0 Å². The number of hydrogen-bond donors (Lipinski definition) is 0. The van der Waals surface area contributed by atoms with Crippen molar-refractivity contribution in [1.29, 1.82) is 0 Å². The van der Waals surface area contributed by atoms with Gasteiger partial charge in [0.15, 0.2) is 0 Å². The molecule has 0 bridgehead atoms. The summed E-state index contributed by atoms with van der Waals surface area (Å²) < 4.78 is 5.52. The van der Waals surface area contributed by atoms with Gasteiger partial charge in [-0.25, -0.2) is 0 Å². The molecule has 0 amide bonds. The van der Waals surface area contributed by atoms with E-state index >= 15 is 0 Å². The van der Waals surface area contributed by atoms with Crippen LogP contribution >= 0.6 is 0 Å². The molecule has 1 fully saturated rings. The number of hydrogen-bond acceptors (Lipinski definition) is 1. The average Bonchev–Trinajstić information content (AvgIpc) is 2.83. The number of rotatable bonds is 13. The number of ether oxygens (including phenoxy) is 1. The van der Waals surface area contributed by atoms with Crippen LogP contribution in [0.1, 0.15) is 80.5 Å². The highest BCUT2D eigenvalue weighted by Crippen LogP contribution is 2.34. The second-order valence-corrected chi connectivity index (χ2v) is 9.53. The maximum Gasteiger partial charge on any atom is 0.0721 e. The predicted molar refractivity (Wildman–Crippen MR) is 139 cm³/mol. The molecular formula is C31H42O. The number of unbranched alkanes of at least 4 members (excludes halogenated alkanes) is 1. The van der Waals surface area contributed by atoms with Crippen molar-refractivity contribution >= 4 is 6.08 Å². The summed E-state index contributed by atoms with van der Waals surface area (Å²) in [6, 6.07) is 18.1. The highest BCUT2D eigenvalue weighted by molar-refractivity contribution is 5.49. The Balaban J connectivity index is 1.26. The van der Waals surface area contributed by atoms with Gasteiger partial charge in [-0.2, -0.15) is 0 Å². The van der Waals surface area contributed by atoms with Crippen molar-refractivity contribution in [2.45, 2.75) is 77.7 Å². The van der Waals surface area contributed by atoms with Crippen molar-refractivity contribution < 1.29 is 4.74 Å². The van der Waals surface area contributed by atoms with Crippen molar-refractivity contribution in [2.75, 3.05) is 6.61 Å². The van der Waals surface area contributed by atoms with E-state index in [1.54, 1.807) is 6.08 Å². The van der Waals surface area contributed by atoms with Gasteiger partial charge in [-0.05, 0) is 66.7 Å². The highest BCUT2D eigenvalue weighted by atomic mass is 16.5. The fourth-order valence-corrected chi connectivity index (χ4v) is 4.99. The van der Waals surface area contributed by atoms with Gasteiger partial charge >= 0.3 is 0 Å². The van der Waals surface area contributed by atoms with Crippen LogP contribution in [0.15, 0.2) is 67.3 Å². The summed E-state index contributed by atoms with van der Waals surface area (Å²) in [6.45, 7) is 7.06. The monoisotopic (exact) mass is 430 g/mol. The molecule has 1 aliphatic carbocycles. The molecule has 0 aromatic heterocycles. The lowest BCUT2D eigenvalue weighted by atomic mass is 9.77. The lowest BCUT2D eigenvalue weighted by molar-refractivity contribution is 0.149. The molecule has 172 valence electrons. The molecule has 32 heavy (non-hydrogen) atoms. The Morgan fingerprint density at radius 3 is 2.03 bits per heavy atom. The van der Waals surface area contributed by atoms with Gasteiger partial charge in [-0.15, -0.1) is 6.58 Å². The van der Waals surface area contributed by atoms with Gasteiger partial charge in [0.05, 0.1) is 13.2 Å². The molecule has 1 aliphatic rings. The Labute approximate surface area is 196 Å². The van der Waals surface area contributed by atoms with Crippen molar-refractivity contribution in [3.63, 3.8) is 0 Å². The van der Waals surface area contributed by atoms with Crippen LogP contribution in [0.25, 0.3) is 6.08 Å². The van der Waals surface area contributed by atoms with Gasteiger partial charge < -0.3 is 4.74 Å². The van der Waals surface area contributed by atoms with Crippen LogP contribution in [0.2, 0.25) is 0 Å². The molecule has 2 aromatic carbocycles. The standard InChI is InChI=1S/C31H42O/c1-3-7-26-10-12-27(13-11-26)8-5-6-9-28-14-16-29(17-15-28)18-19-30-20-22-31(23-21-30)25-32-24-4-2/h3-4,7,10-13,20-23,28-29H,2,5-6,8-9,14-19,24-25H2,1H3/t28-,29-. The molecular weight excluding hydrogens is 388 g/mol. The van der Waals surface area contributed by atoms with Gasteiger partial charge in [-0.1, -0.05) is 105 Å². The van der Waals surface area contributed by atoms with Crippen molar-refractivity contribution in [3.05, 3.63) is 89.5 Å². The van der Waals surface area contributed by atoms with Crippen LogP contribution in [-0.4, -0.2) is 6.61 Å². The summed E-state index contributed by atoms with van der Waals surface area (Å²) >= 11 is 0.